The van der Waals surface area contributed by atoms with E-state index in [1.807, 2.05) is 0 Å². The zero-order chi connectivity index (χ0) is 10.7. The number of carboxylic acid groups (broad SMARTS) is 1. The first-order valence-electron chi connectivity index (χ1n) is 3.89. The van der Waals surface area contributed by atoms with Crippen molar-refractivity contribution in [2.45, 2.75) is 12.5 Å². The molecule has 0 saturated carbocycles. The van der Waals surface area contributed by atoms with Gasteiger partial charge in [0, 0.05) is 6.42 Å². The first-order valence-corrected chi connectivity index (χ1v) is 4.27. The maximum atomic E-state index is 10.3. The van der Waals surface area contributed by atoms with Crippen LogP contribution in [-0.4, -0.2) is 27.4 Å². The smallest absolute Gasteiger partial charge is 0.332 e. The number of benzene rings is 1. The summed E-state index contributed by atoms with van der Waals surface area (Å²) in [7, 11) is 0. The predicted molar refractivity (Wildman–Crippen MR) is 50.5 cm³/mol. The number of phenolic OH excluding ortho intramolecular Hbond substituents is 1. The van der Waals surface area contributed by atoms with Crippen molar-refractivity contribution in [3.8, 4) is 5.75 Å². The fraction of sp³-hybridized carbons (Fsp3) is 0.222. The van der Waals surface area contributed by atoms with Crippen molar-refractivity contribution in [1.29, 1.82) is 0 Å². The fourth-order valence-corrected chi connectivity index (χ4v) is 1.22. The SMILES string of the molecule is O=C(O)C(O)Cc1cccc(O)c1Cl. The van der Waals surface area contributed by atoms with Crippen molar-refractivity contribution in [2.24, 2.45) is 0 Å². The first-order chi connectivity index (χ1) is 6.52. The second-order valence-corrected chi connectivity index (χ2v) is 3.19. The summed E-state index contributed by atoms with van der Waals surface area (Å²) in [6.07, 6.45) is -1.63. The van der Waals surface area contributed by atoms with Crippen LogP contribution >= 0.6 is 11.6 Å². The van der Waals surface area contributed by atoms with E-state index in [1.54, 1.807) is 6.07 Å². The Labute approximate surface area is 85.4 Å². The number of carboxylic acids is 1. The van der Waals surface area contributed by atoms with Crippen LogP contribution in [0.2, 0.25) is 5.02 Å². The lowest BCUT2D eigenvalue weighted by Gasteiger charge is -2.07. The molecule has 0 bridgehead atoms. The van der Waals surface area contributed by atoms with Gasteiger partial charge in [-0.05, 0) is 11.6 Å². The molecule has 0 aromatic heterocycles. The number of hydrogen-bond donors (Lipinski definition) is 3. The highest BCUT2D eigenvalue weighted by molar-refractivity contribution is 6.32. The third kappa shape index (κ3) is 2.37. The van der Waals surface area contributed by atoms with E-state index in [2.05, 4.69) is 0 Å². The summed E-state index contributed by atoms with van der Waals surface area (Å²) >= 11 is 5.69. The highest BCUT2D eigenvalue weighted by Gasteiger charge is 2.16. The topological polar surface area (TPSA) is 77.8 Å². The van der Waals surface area contributed by atoms with Gasteiger partial charge in [0.05, 0.1) is 5.02 Å². The number of aromatic hydroxyl groups is 1. The molecule has 0 radical (unpaired) electrons. The van der Waals surface area contributed by atoms with Gasteiger partial charge in [-0.25, -0.2) is 4.79 Å². The van der Waals surface area contributed by atoms with E-state index in [1.165, 1.54) is 12.1 Å². The molecular formula is C9H9ClO4. The number of aliphatic carboxylic acids is 1. The maximum Gasteiger partial charge on any atom is 0.332 e. The zero-order valence-corrected chi connectivity index (χ0v) is 7.90. The van der Waals surface area contributed by atoms with Crippen molar-refractivity contribution in [3.63, 3.8) is 0 Å². The molecule has 1 rings (SSSR count). The lowest BCUT2D eigenvalue weighted by Crippen LogP contribution is -2.22. The van der Waals surface area contributed by atoms with Gasteiger partial charge in [-0.2, -0.15) is 0 Å². The Balaban J connectivity index is 2.87. The molecule has 0 aliphatic carbocycles. The van der Waals surface area contributed by atoms with E-state index in [0.717, 1.165) is 0 Å². The van der Waals surface area contributed by atoms with E-state index in [9.17, 15) is 9.90 Å². The van der Waals surface area contributed by atoms with Gasteiger partial charge in [-0.3, -0.25) is 0 Å². The van der Waals surface area contributed by atoms with Gasteiger partial charge in [0.1, 0.15) is 5.75 Å². The Kier molecular flexibility index (Phi) is 3.33. The van der Waals surface area contributed by atoms with Crippen molar-refractivity contribution in [3.05, 3.63) is 28.8 Å². The predicted octanol–water partition coefficient (Wildman–Crippen LogP) is 1.03. The monoisotopic (exact) mass is 216 g/mol. The van der Waals surface area contributed by atoms with Gasteiger partial charge in [0.15, 0.2) is 6.10 Å². The van der Waals surface area contributed by atoms with Gasteiger partial charge >= 0.3 is 5.97 Å². The van der Waals surface area contributed by atoms with Gasteiger partial charge in [0.25, 0.3) is 0 Å². The lowest BCUT2D eigenvalue weighted by molar-refractivity contribution is -0.146. The van der Waals surface area contributed by atoms with Crippen molar-refractivity contribution in [2.75, 3.05) is 0 Å². The van der Waals surface area contributed by atoms with Crippen LogP contribution in [0, 0.1) is 0 Å². The average Bonchev–Trinajstić information content (AvgIpc) is 2.12. The lowest BCUT2D eigenvalue weighted by atomic mass is 10.1. The summed E-state index contributed by atoms with van der Waals surface area (Å²) < 4.78 is 0. The summed E-state index contributed by atoms with van der Waals surface area (Å²) in [5.41, 5.74) is 0.404. The Morgan fingerprint density at radius 2 is 2.14 bits per heavy atom. The van der Waals surface area contributed by atoms with Gasteiger partial charge in [0.2, 0.25) is 0 Å². The molecule has 14 heavy (non-hydrogen) atoms. The summed E-state index contributed by atoms with van der Waals surface area (Å²) in [4.78, 5) is 10.3. The highest BCUT2D eigenvalue weighted by atomic mass is 35.5. The van der Waals surface area contributed by atoms with Crippen molar-refractivity contribution < 1.29 is 20.1 Å². The quantitative estimate of drug-likeness (QED) is 0.705. The molecular weight excluding hydrogens is 208 g/mol. The minimum absolute atomic E-state index is 0.0767. The van der Waals surface area contributed by atoms with Crippen molar-refractivity contribution in [1.82, 2.24) is 0 Å². The number of aliphatic hydroxyl groups excluding tert-OH is 1. The largest absolute Gasteiger partial charge is 0.506 e. The maximum absolute atomic E-state index is 10.3. The van der Waals surface area contributed by atoms with Crippen LogP contribution in [0.25, 0.3) is 0 Å². The molecule has 0 amide bonds. The minimum Gasteiger partial charge on any atom is -0.506 e. The van der Waals surface area contributed by atoms with Crippen LogP contribution in [0.5, 0.6) is 5.75 Å². The molecule has 0 saturated heterocycles. The number of carbonyl (C=O) groups is 1. The molecule has 76 valence electrons. The Bertz CT molecular complexity index is 351. The van der Waals surface area contributed by atoms with E-state index in [0.29, 0.717) is 5.56 Å². The molecule has 1 aromatic carbocycles. The van der Waals surface area contributed by atoms with Crippen molar-refractivity contribution >= 4 is 17.6 Å². The number of phenols is 1. The van der Waals surface area contributed by atoms with Crippen LogP contribution in [0.3, 0.4) is 0 Å². The van der Waals surface area contributed by atoms with Crippen LogP contribution in [0.4, 0.5) is 0 Å². The Hall–Kier alpha value is -1.26. The van der Waals surface area contributed by atoms with Crippen LogP contribution < -0.4 is 0 Å². The summed E-state index contributed by atoms with van der Waals surface area (Å²) in [5, 5.41) is 26.8. The standard InChI is InChI=1S/C9H9ClO4/c10-8-5(2-1-3-6(8)11)4-7(12)9(13)14/h1-3,7,11-12H,4H2,(H,13,14). The number of hydrogen-bond acceptors (Lipinski definition) is 3. The third-order valence-electron chi connectivity index (χ3n) is 1.76. The number of halogens is 1. The summed E-state index contributed by atoms with van der Waals surface area (Å²) in [6, 6.07) is 4.47. The average molecular weight is 217 g/mol. The van der Waals surface area contributed by atoms with E-state index in [4.69, 9.17) is 21.8 Å². The van der Waals surface area contributed by atoms with Gasteiger partial charge in [-0.15, -0.1) is 0 Å². The molecule has 1 atom stereocenters. The third-order valence-corrected chi connectivity index (χ3v) is 2.19. The van der Waals surface area contributed by atoms with Crippen LogP contribution in [0.1, 0.15) is 5.56 Å². The highest BCUT2D eigenvalue weighted by Crippen LogP contribution is 2.27. The van der Waals surface area contributed by atoms with Crippen LogP contribution in [-0.2, 0) is 11.2 Å². The van der Waals surface area contributed by atoms with Gasteiger partial charge in [-0.1, -0.05) is 23.7 Å². The first kappa shape index (κ1) is 10.8. The molecule has 0 aliphatic rings. The second-order valence-electron chi connectivity index (χ2n) is 2.81. The van der Waals surface area contributed by atoms with E-state index >= 15 is 0 Å². The second kappa shape index (κ2) is 4.30. The molecule has 5 heteroatoms. The molecule has 0 heterocycles. The number of aliphatic hydroxyl groups is 1. The minimum atomic E-state index is -1.51. The molecule has 3 N–H and O–H groups in total. The van der Waals surface area contributed by atoms with E-state index < -0.39 is 12.1 Å². The Morgan fingerprint density at radius 3 is 2.71 bits per heavy atom. The van der Waals surface area contributed by atoms with Crippen LogP contribution in [0.15, 0.2) is 18.2 Å². The molecule has 0 fully saturated rings. The van der Waals surface area contributed by atoms with E-state index in [-0.39, 0.29) is 17.2 Å². The van der Waals surface area contributed by atoms with Gasteiger partial charge < -0.3 is 15.3 Å². The molecule has 0 aliphatic heterocycles. The summed E-state index contributed by atoms with van der Waals surface area (Å²) in [6.45, 7) is 0. The molecule has 1 unspecified atom stereocenters. The Morgan fingerprint density at radius 1 is 1.50 bits per heavy atom. The fourth-order valence-electron chi connectivity index (χ4n) is 1.02. The summed E-state index contributed by atoms with van der Waals surface area (Å²) in [5.74, 6) is -1.44. The molecule has 4 nitrogen and oxygen atoms in total. The number of rotatable bonds is 3. The normalized spacial score (nSPS) is 12.4. The molecule has 1 aromatic rings. The molecule has 0 spiro atoms. The zero-order valence-electron chi connectivity index (χ0n) is 7.14.